The van der Waals surface area contributed by atoms with Gasteiger partial charge < -0.3 is 9.88 Å². The van der Waals surface area contributed by atoms with E-state index in [0.29, 0.717) is 16.0 Å². The smallest absolute Gasteiger partial charge is 0.238 e. The maximum atomic E-state index is 12.4. The van der Waals surface area contributed by atoms with Crippen LogP contribution >= 0.6 is 23.4 Å². The summed E-state index contributed by atoms with van der Waals surface area (Å²) < 4.78 is 2.10. The fraction of sp³-hybridized carbons (Fsp3) is 0.211. The molecule has 4 aromatic rings. The van der Waals surface area contributed by atoms with Crippen LogP contribution in [0.25, 0.3) is 22.1 Å². The van der Waals surface area contributed by atoms with E-state index in [1.54, 1.807) is 19.1 Å². The molecule has 0 spiro atoms. The van der Waals surface area contributed by atoms with E-state index in [1.165, 1.54) is 18.0 Å². The van der Waals surface area contributed by atoms with E-state index in [9.17, 15) is 4.79 Å². The summed E-state index contributed by atoms with van der Waals surface area (Å²) in [6, 6.07) is 11.4. The first-order valence-corrected chi connectivity index (χ1v) is 10.0. The number of pyridine rings is 1. The first kappa shape index (κ1) is 18.6. The molecular formula is C19H17ClN6OS. The number of para-hydroxylation sites is 1. The molecule has 1 N–H and O–H groups in total. The number of rotatable bonds is 5. The summed E-state index contributed by atoms with van der Waals surface area (Å²) in [4.78, 5) is 21.2. The van der Waals surface area contributed by atoms with Crippen LogP contribution in [0.5, 0.6) is 0 Å². The van der Waals surface area contributed by atoms with Crippen LogP contribution < -0.4 is 5.32 Å². The molecule has 0 aliphatic heterocycles. The Hall–Kier alpha value is -2.71. The minimum atomic E-state index is -0.420. The van der Waals surface area contributed by atoms with Crippen molar-refractivity contribution >= 4 is 57.2 Å². The van der Waals surface area contributed by atoms with Crippen molar-refractivity contribution in [3.63, 3.8) is 0 Å². The number of carbonyl (C=O) groups is 1. The van der Waals surface area contributed by atoms with Crippen molar-refractivity contribution in [1.29, 1.82) is 0 Å². The number of hydrogen-bond donors (Lipinski definition) is 1. The highest BCUT2D eigenvalue weighted by molar-refractivity contribution is 8.00. The average molecular weight is 413 g/mol. The molecule has 1 amide bonds. The van der Waals surface area contributed by atoms with Crippen molar-refractivity contribution in [2.24, 2.45) is 0 Å². The zero-order chi connectivity index (χ0) is 19.7. The summed E-state index contributed by atoms with van der Waals surface area (Å²) in [5, 5.41) is 12.9. The second-order valence-electron chi connectivity index (χ2n) is 6.14. The molecule has 0 fully saturated rings. The molecule has 4 rings (SSSR count). The van der Waals surface area contributed by atoms with Gasteiger partial charge in [-0.1, -0.05) is 41.6 Å². The van der Waals surface area contributed by atoms with Crippen LogP contribution in [0.3, 0.4) is 0 Å². The van der Waals surface area contributed by atoms with Crippen molar-refractivity contribution < 1.29 is 4.79 Å². The number of fused-ring (bicyclic) bond motifs is 3. The van der Waals surface area contributed by atoms with Gasteiger partial charge >= 0.3 is 0 Å². The molecule has 3 heterocycles. The average Bonchev–Trinajstić information content (AvgIpc) is 3.02. The molecule has 28 heavy (non-hydrogen) atoms. The molecule has 0 unspecified atom stereocenters. The first-order chi connectivity index (χ1) is 13.6. The van der Waals surface area contributed by atoms with Crippen LogP contribution in [-0.4, -0.2) is 35.9 Å². The van der Waals surface area contributed by atoms with Crippen LogP contribution in [-0.2, 0) is 11.3 Å². The molecule has 0 radical (unpaired) electrons. The summed E-state index contributed by atoms with van der Waals surface area (Å²) in [5.41, 5.74) is 2.61. The lowest BCUT2D eigenvalue weighted by Crippen LogP contribution is -2.23. The van der Waals surface area contributed by atoms with Gasteiger partial charge in [-0.2, -0.15) is 0 Å². The molecule has 0 bridgehead atoms. The Labute approximate surface area is 170 Å². The van der Waals surface area contributed by atoms with E-state index >= 15 is 0 Å². The van der Waals surface area contributed by atoms with Gasteiger partial charge in [0.1, 0.15) is 11.3 Å². The number of amides is 1. The Morgan fingerprint density at radius 3 is 2.82 bits per heavy atom. The number of aromatic nitrogens is 5. The Bertz CT molecular complexity index is 1160. The highest BCUT2D eigenvalue weighted by atomic mass is 35.5. The van der Waals surface area contributed by atoms with Crippen LogP contribution in [0.2, 0.25) is 5.02 Å². The fourth-order valence-corrected chi connectivity index (χ4v) is 3.77. The SMILES string of the molecule is CCn1c2ccccc2c2nnc(S[C@@H](C)C(=O)Nc3ccc(Cl)cn3)nc21. The van der Waals surface area contributed by atoms with Gasteiger partial charge in [-0.05, 0) is 32.0 Å². The number of thioether (sulfide) groups is 1. The van der Waals surface area contributed by atoms with E-state index < -0.39 is 5.25 Å². The van der Waals surface area contributed by atoms with Crippen molar-refractivity contribution in [1.82, 2.24) is 24.7 Å². The highest BCUT2D eigenvalue weighted by Crippen LogP contribution is 2.28. The van der Waals surface area contributed by atoms with E-state index in [-0.39, 0.29) is 5.91 Å². The third kappa shape index (κ3) is 3.53. The standard InChI is InChI=1S/C19H17ClN6OS/c1-3-26-14-7-5-4-6-13(14)16-17(26)23-19(25-24-16)28-11(2)18(27)22-15-9-8-12(20)10-21-15/h4-11H,3H2,1-2H3,(H,21,22,27)/t11-/m0/s1. The number of hydrogen-bond acceptors (Lipinski definition) is 6. The van der Waals surface area contributed by atoms with Crippen LogP contribution in [0.15, 0.2) is 47.8 Å². The molecule has 1 atom stereocenters. The lowest BCUT2D eigenvalue weighted by molar-refractivity contribution is -0.115. The summed E-state index contributed by atoms with van der Waals surface area (Å²) in [5.74, 6) is 0.252. The maximum Gasteiger partial charge on any atom is 0.238 e. The first-order valence-electron chi connectivity index (χ1n) is 8.77. The van der Waals surface area contributed by atoms with E-state index in [4.69, 9.17) is 11.6 Å². The number of nitrogens with one attached hydrogen (secondary N) is 1. The summed E-state index contributed by atoms with van der Waals surface area (Å²) in [7, 11) is 0. The topological polar surface area (TPSA) is 85.6 Å². The van der Waals surface area contributed by atoms with E-state index in [1.807, 2.05) is 24.3 Å². The third-order valence-corrected chi connectivity index (χ3v) is 5.48. The number of benzene rings is 1. The molecule has 0 aliphatic rings. The lowest BCUT2D eigenvalue weighted by atomic mass is 10.2. The zero-order valence-electron chi connectivity index (χ0n) is 15.3. The molecule has 0 aliphatic carbocycles. The molecule has 3 aromatic heterocycles. The molecule has 1 aromatic carbocycles. The Balaban J connectivity index is 1.58. The second-order valence-corrected chi connectivity index (χ2v) is 7.88. The van der Waals surface area contributed by atoms with Gasteiger partial charge in [0.05, 0.1) is 15.8 Å². The number of halogens is 1. The molecule has 142 valence electrons. The van der Waals surface area contributed by atoms with Crippen molar-refractivity contribution in [2.45, 2.75) is 30.8 Å². The lowest BCUT2D eigenvalue weighted by Gasteiger charge is -2.10. The molecule has 0 saturated heterocycles. The third-order valence-electron chi connectivity index (χ3n) is 4.30. The van der Waals surface area contributed by atoms with Crippen molar-refractivity contribution in [3.05, 3.63) is 47.6 Å². The number of nitrogens with zero attached hydrogens (tertiary/aromatic N) is 5. The van der Waals surface area contributed by atoms with E-state index in [0.717, 1.165) is 28.6 Å². The summed E-state index contributed by atoms with van der Waals surface area (Å²) in [6.45, 7) is 4.62. The van der Waals surface area contributed by atoms with Gasteiger partial charge in [0.25, 0.3) is 0 Å². The quantitative estimate of drug-likeness (QED) is 0.495. The second kappa shape index (κ2) is 7.73. The van der Waals surface area contributed by atoms with Gasteiger partial charge in [0.15, 0.2) is 5.65 Å². The van der Waals surface area contributed by atoms with Gasteiger partial charge in [0, 0.05) is 18.1 Å². The molecule has 9 heteroatoms. The van der Waals surface area contributed by atoms with Crippen LogP contribution in [0, 0.1) is 0 Å². The fourth-order valence-electron chi connectivity index (χ4n) is 2.95. The van der Waals surface area contributed by atoms with Gasteiger partial charge in [-0.15, -0.1) is 10.2 Å². The Morgan fingerprint density at radius 2 is 2.07 bits per heavy atom. The predicted octanol–water partition coefficient (Wildman–Crippen LogP) is 4.17. The predicted molar refractivity (Wildman–Crippen MR) is 112 cm³/mol. The zero-order valence-corrected chi connectivity index (χ0v) is 16.8. The largest absolute Gasteiger partial charge is 0.324 e. The van der Waals surface area contributed by atoms with Gasteiger partial charge in [-0.25, -0.2) is 9.97 Å². The van der Waals surface area contributed by atoms with Crippen molar-refractivity contribution in [2.75, 3.05) is 5.32 Å². The number of aryl methyl sites for hydroxylation is 1. The highest BCUT2D eigenvalue weighted by Gasteiger charge is 2.19. The normalized spacial score (nSPS) is 12.4. The minimum absolute atomic E-state index is 0.195. The molecule has 0 saturated carbocycles. The molecular weight excluding hydrogens is 396 g/mol. The van der Waals surface area contributed by atoms with Gasteiger partial charge in [-0.3, -0.25) is 4.79 Å². The van der Waals surface area contributed by atoms with Crippen LogP contribution in [0.1, 0.15) is 13.8 Å². The minimum Gasteiger partial charge on any atom is -0.324 e. The molecule has 7 nitrogen and oxygen atoms in total. The number of carbonyl (C=O) groups excluding carboxylic acids is 1. The maximum absolute atomic E-state index is 12.4. The number of anilines is 1. The van der Waals surface area contributed by atoms with Crippen molar-refractivity contribution in [3.8, 4) is 0 Å². The summed E-state index contributed by atoms with van der Waals surface area (Å²) in [6.07, 6.45) is 1.49. The monoisotopic (exact) mass is 412 g/mol. The van der Waals surface area contributed by atoms with Gasteiger partial charge in [0.2, 0.25) is 11.1 Å². The Morgan fingerprint density at radius 1 is 1.25 bits per heavy atom. The summed E-state index contributed by atoms with van der Waals surface area (Å²) >= 11 is 7.07. The van der Waals surface area contributed by atoms with Crippen LogP contribution in [0.4, 0.5) is 5.82 Å². The Kier molecular flexibility index (Phi) is 5.15. The van der Waals surface area contributed by atoms with E-state index in [2.05, 4.69) is 37.0 Å².